The fourth-order valence-corrected chi connectivity index (χ4v) is 1.80. The van der Waals surface area contributed by atoms with E-state index in [2.05, 4.69) is 9.97 Å². The lowest BCUT2D eigenvalue weighted by atomic mass is 10.0. The zero-order valence-corrected chi connectivity index (χ0v) is 10.2. The summed E-state index contributed by atoms with van der Waals surface area (Å²) in [5, 5.41) is 0. The van der Waals surface area contributed by atoms with Gasteiger partial charge < -0.3 is 10.5 Å². The van der Waals surface area contributed by atoms with Gasteiger partial charge in [0.1, 0.15) is 11.6 Å². The third kappa shape index (κ3) is 2.20. The molecular weight excluding hydrogens is 214 g/mol. The number of anilines is 1. The molecule has 0 saturated heterocycles. The molecule has 4 nitrogen and oxygen atoms in total. The number of benzene rings is 1. The van der Waals surface area contributed by atoms with Gasteiger partial charge in [-0.15, -0.1) is 0 Å². The van der Waals surface area contributed by atoms with Crippen LogP contribution in [0, 0.1) is 13.8 Å². The van der Waals surface area contributed by atoms with Crippen LogP contribution in [0.25, 0.3) is 11.3 Å². The number of nitrogens with two attached hydrogens (primary N) is 1. The zero-order chi connectivity index (χ0) is 12.4. The molecule has 0 amide bonds. The minimum atomic E-state index is 0.426. The molecule has 2 rings (SSSR count). The molecule has 0 bridgehead atoms. The van der Waals surface area contributed by atoms with Crippen LogP contribution < -0.4 is 10.5 Å². The molecule has 0 aliphatic heterocycles. The Balaban J connectivity index is 2.56. The Kier molecular flexibility index (Phi) is 2.95. The highest BCUT2D eigenvalue weighted by atomic mass is 16.5. The molecule has 2 N–H and O–H groups in total. The van der Waals surface area contributed by atoms with E-state index in [1.807, 2.05) is 26.0 Å². The molecule has 0 aliphatic carbocycles. The van der Waals surface area contributed by atoms with E-state index in [1.165, 1.54) is 6.20 Å². The van der Waals surface area contributed by atoms with Crippen molar-refractivity contribution in [2.75, 3.05) is 12.8 Å². The van der Waals surface area contributed by atoms with E-state index in [1.54, 1.807) is 13.3 Å². The maximum Gasteiger partial charge on any atom is 0.142 e. The molecule has 0 unspecified atom stereocenters. The van der Waals surface area contributed by atoms with E-state index in [0.29, 0.717) is 5.82 Å². The van der Waals surface area contributed by atoms with Gasteiger partial charge in [0, 0.05) is 5.56 Å². The number of nitrogens with zero attached hydrogens (tertiary/aromatic N) is 2. The molecule has 2 aromatic rings. The van der Waals surface area contributed by atoms with Crippen molar-refractivity contribution in [1.82, 2.24) is 9.97 Å². The first-order valence-corrected chi connectivity index (χ1v) is 5.35. The van der Waals surface area contributed by atoms with E-state index in [0.717, 1.165) is 28.1 Å². The zero-order valence-electron chi connectivity index (χ0n) is 10.2. The van der Waals surface area contributed by atoms with E-state index in [4.69, 9.17) is 10.5 Å². The predicted octanol–water partition coefficient (Wildman–Crippen LogP) is 2.35. The number of ether oxygens (including phenoxy) is 1. The fraction of sp³-hybridized carbons (Fsp3) is 0.231. The molecule has 0 saturated carbocycles. The highest BCUT2D eigenvalue weighted by Gasteiger charge is 2.08. The minimum absolute atomic E-state index is 0.426. The van der Waals surface area contributed by atoms with Crippen LogP contribution in [0.4, 0.5) is 5.82 Å². The molecule has 88 valence electrons. The highest BCUT2D eigenvalue weighted by molar-refractivity contribution is 5.66. The van der Waals surface area contributed by atoms with Gasteiger partial charge in [-0.2, -0.15) is 0 Å². The van der Waals surface area contributed by atoms with E-state index < -0.39 is 0 Å². The van der Waals surface area contributed by atoms with E-state index >= 15 is 0 Å². The van der Waals surface area contributed by atoms with Gasteiger partial charge in [-0.3, -0.25) is 4.98 Å². The van der Waals surface area contributed by atoms with Crippen LogP contribution >= 0.6 is 0 Å². The van der Waals surface area contributed by atoms with Gasteiger partial charge in [0.2, 0.25) is 0 Å². The second-order valence-corrected chi connectivity index (χ2v) is 3.97. The summed E-state index contributed by atoms with van der Waals surface area (Å²) in [6.07, 6.45) is 3.25. The molecule has 1 heterocycles. The standard InChI is InChI=1S/C13H15N3O/c1-8-5-12(17-3)9(2)4-10(8)11-6-15-7-13(14)16-11/h4-7H,1-3H3,(H2,14,16). The van der Waals surface area contributed by atoms with Crippen LogP contribution in [0.3, 0.4) is 0 Å². The van der Waals surface area contributed by atoms with Crippen molar-refractivity contribution in [3.05, 3.63) is 35.7 Å². The van der Waals surface area contributed by atoms with Gasteiger partial charge in [-0.25, -0.2) is 4.98 Å². The number of aryl methyl sites for hydroxylation is 2. The van der Waals surface area contributed by atoms with E-state index in [9.17, 15) is 0 Å². The number of methoxy groups -OCH3 is 1. The van der Waals surface area contributed by atoms with Gasteiger partial charge in [0.15, 0.2) is 0 Å². The lowest BCUT2D eigenvalue weighted by molar-refractivity contribution is 0.411. The second kappa shape index (κ2) is 4.41. The maximum atomic E-state index is 5.64. The van der Waals surface area contributed by atoms with Crippen molar-refractivity contribution >= 4 is 5.82 Å². The third-order valence-corrected chi connectivity index (χ3v) is 2.67. The van der Waals surface area contributed by atoms with Gasteiger partial charge in [-0.05, 0) is 37.1 Å². The Morgan fingerprint density at radius 3 is 2.53 bits per heavy atom. The Labute approximate surface area is 100 Å². The third-order valence-electron chi connectivity index (χ3n) is 2.67. The molecule has 0 atom stereocenters. The average Bonchev–Trinajstić information content (AvgIpc) is 2.31. The largest absolute Gasteiger partial charge is 0.496 e. The van der Waals surface area contributed by atoms with Gasteiger partial charge in [-0.1, -0.05) is 0 Å². The van der Waals surface area contributed by atoms with Crippen molar-refractivity contribution in [2.45, 2.75) is 13.8 Å². The van der Waals surface area contributed by atoms with E-state index in [-0.39, 0.29) is 0 Å². The van der Waals surface area contributed by atoms with Gasteiger partial charge in [0.25, 0.3) is 0 Å². The Hall–Kier alpha value is -2.10. The summed E-state index contributed by atoms with van der Waals surface area (Å²) in [6.45, 7) is 4.02. The van der Waals surface area contributed by atoms with Gasteiger partial charge >= 0.3 is 0 Å². The van der Waals surface area contributed by atoms with Crippen molar-refractivity contribution in [3.63, 3.8) is 0 Å². The molecule has 0 radical (unpaired) electrons. The minimum Gasteiger partial charge on any atom is -0.496 e. The summed E-state index contributed by atoms with van der Waals surface area (Å²) in [7, 11) is 1.67. The monoisotopic (exact) mass is 229 g/mol. The Morgan fingerprint density at radius 2 is 1.88 bits per heavy atom. The molecule has 17 heavy (non-hydrogen) atoms. The summed E-state index contributed by atoms with van der Waals surface area (Å²) >= 11 is 0. The molecule has 0 spiro atoms. The first-order chi connectivity index (χ1) is 8.11. The topological polar surface area (TPSA) is 61.0 Å². The normalized spacial score (nSPS) is 10.3. The first kappa shape index (κ1) is 11.4. The van der Waals surface area contributed by atoms with Crippen LogP contribution in [0.1, 0.15) is 11.1 Å². The van der Waals surface area contributed by atoms with Crippen LogP contribution in [0.5, 0.6) is 5.75 Å². The molecule has 0 fully saturated rings. The number of hydrogen-bond donors (Lipinski definition) is 1. The van der Waals surface area contributed by atoms with Gasteiger partial charge in [0.05, 0.1) is 25.2 Å². The average molecular weight is 229 g/mol. The van der Waals surface area contributed by atoms with Crippen molar-refractivity contribution in [2.24, 2.45) is 0 Å². The summed E-state index contributed by atoms with van der Waals surface area (Å²) < 4.78 is 5.28. The van der Waals surface area contributed by atoms with Crippen molar-refractivity contribution in [1.29, 1.82) is 0 Å². The Morgan fingerprint density at radius 1 is 1.12 bits per heavy atom. The first-order valence-electron chi connectivity index (χ1n) is 5.35. The lowest BCUT2D eigenvalue weighted by Crippen LogP contribution is -1.96. The highest BCUT2D eigenvalue weighted by Crippen LogP contribution is 2.28. The molecule has 1 aromatic heterocycles. The van der Waals surface area contributed by atoms with Crippen molar-refractivity contribution < 1.29 is 4.74 Å². The quantitative estimate of drug-likeness (QED) is 0.858. The van der Waals surface area contributed by atoms with Crippen LogP contribution in [0.2, 0.25) is 0 Å². The van der Waals surface area contributed by atoms with Crippen LogP contribution in [-0.4, -0.2) is 17.1 Å². The Bertz CT molecular complexity index is 552. The molecule has 1 aromatic carbocycles. The van der Waals surface area contributed by atoms with Crippen LogP contribution in [-0.2, 0) is 0 Å². The molecule has 4 heteroatoms. The number of nitrogen functional groups attached to an aromatic ring is 1. The van der Waals surface area contributed by atoms with Crippen molar-refractivity contribution in [3.8, 4) is 17.0 Å². The lowest BCUT2D eigenvalue weighted by Gasteiger charge is -2.10. The smallest absolute Gasteiger partial charge is 0.142 e. The predicted molar refractivity (Wildman–Crippen MR) is 67.9 cm³/mol. The SMILES string of the molecule is COc1cc(C)c(-c2cncc(N)n2)cc1C. The summed E-state index contributed by atoms with van der Waals surface area (Å²) in [6, 6.07) is 4.03. The maximum absolute atomic E-state index is 5.64. The summed E-state index contributed by atoms with van der Waals surface area (Å²) in [5.74, 6) is 1.30. The summed E-state index contributed by atoms with van der Waals surface area (Å²) in [4.78, 5) is 8.33. The summed E-state index contributed by atoms with van der Waals surface area (Å²) in [5.41, 5.74) is 9.62. The molecule has 0 aliphatic rings. The van der Waals surface area contributed by atoms with Crippen LogP contribution in [0.15, 0.2) is 24.5 Å². The molecular formula is C13H15N3O. The second-order valence-electron chi connectivity index (χ2n) is 3.97. The number of aromatic nitrogens is 2. The number of hydrogen-bond acceptors (Lipinski definition) is 4. The fourth-order valence-electron chi connectivity index (χ4n) is 1.80. The number of rotatable bonds is 2.